The maximum absolute atomic E-state index is 13.1. The third-order valence-electron chi connectivity index (χ3n) is 6.04. The Morgan fingerprint density at radius 2 is 1.75 bits per heavy atom. The Morgan fingerprint density at radius 1 is 1.00 bits per heavy atom. The standard InChI is InChI=1S/C27H25F3N2O4/c1-35-26(34)36-15-14-32-13-12-19-16-22(11-8-20(19)17-32)31-25(33)24-5-3-2-4-23(24)18-6-9-21(10-7-18)27(28,29)30/h2-11,16H,12-15,17H2,1H3,(H,31,33). The average molecular weight is 499 g/mol. The monoisotopic (exact) mass is 498 g/mol. The van der Waals surface area contributed by atoms with Crippen LogP contribution in [0.3, 0.4) is 0 Å². The first-order valence-electron chi connectivity index (χ1n) is 11.4. The minimum absolute atomic E-state index is 0.245. The summed E-state index contributed by atoms with van der Waals surface area (Å²) in [4.78, 5) is 26.4. The third-order valence-corrected chi connectivity index (χ3v) is 6.04. The van der Waals surface area contributed by atoms with E-state index in [4.69, 9.17) is 4.74 Å². The number of hydrogen-bond donors (Lipinski definition) is 1. The molecule has 3 aromatic carbocycles. The van der Waals surface area contributed by atoms with E-state index in [9.17, 15) is 22.8 Å². The van der Waals surface area contributed by atoms with Crippen molar-refractivity contribution in [3.8, 4) is 11.1 Å². The molecule has 6 nitrogen and oxygen atoms in total. The second kappa shape index (κ2) is 10.8. The molecule has 1 aliphatic heterocycles. The predicted octanol–water partition coefficient (Wildman–Crippen LogP) is 5.77. The Hall–Kier alpha value is -3.85. The Morgan fingerprint density at radius 3 is 2.47 bits per heavy atom. The summed E-state index contributed by atoms with van der Waals surface area (Å²) < 4.78 is 48.2. The van der Waals surface area contributed by atoms with Gasteiger partial charge in [0.1, 0.15) is 6.61 Å². The summed E-state index contributed by atoms with van der Waals surface area (Å²) in [5.74, 6) is -0.345. The molecule has 0 aliphatic carbocycles. The Bertz CT molecular complexity index is 1240. The smallest absolute Gasteiger partial charge is 0.438 e. The quantitative estimate of drug-likeness (QED) is 0.438. The highest BCUT2D eigenvalue weighted by molar-refractivity contribution is 6.08. The van der Waals surface area contributed by atoms with E-state index in [0.29, 0.717) is 35.5 Å². The SMILES string of the molecule is COC(=O)OCCN1CCc2cc(NC(=O)c3ccccc3-c3ccc(C(F)(F)F)cc3)ccc2C1. The van der Waals surface area contributed by atoms with E-state index < -0.39 is 17.9 Å². The Labute approximate surface area is 206 Å². The number of methoxy groups -OCH3 is 1. The lowest BCUT2D eigenvalue weighted by Crippen LogP contribution is -2.33. The number of carbonyl (C=O) groups is 2. The molecule has 36 heavy (non-hydrogen) atoms. The van der Waals surface area contributed by atoms with E-state index in [1.807, 2.05) is 18.2 Å². The molecular weight excluding hydrogens is 473 g/mol. The topological polar surface area (TPSA) is 67.9 Å². The number of rotatable bonds is 6. The first-order valence-corrected chi connectivity index (χ1v) is 11.4. The summed E-state index contributed by atoms with van der Waals surface area (Å²) in [6.45, 7) is 2.32. The van der Waals surface area contributed by atoms with Gasteiger partial charge in [-0.1, -0.05) is 36.4 Å². The van der Waals surface area contributed by atoms with Crippen molar-refractivity contribution in [2.45, 2.75) is 19.1 Å². The van der Waals surface area contributed by atoms with Gasteiger partial charge in [0.15, 0.2) is 0 Å². The van der Waals surface area contributed by atoms with Gasteiger partial charge in [-0.15, -0.1) is 0 Å². The van der Waals surface area contributed by atoms with Crippen LogP contribution < -0.4 is 5.32 Å². The normalized spacial score (nSPS) is 13.6. The molecule has 3 aromatic rings. The van der Waals surface area contributed by atoms with E-state index in [2.05, 4.69) is 15.0 Å². The van der Waals surface area contributed by atoms with Crippen molar-refractivity contribution in [2.75, 3.05) is 32.1 Å². The molecule has 1 heterocycles. The van der Waals surface area contributed by atoms with Gasteiger partial charge in [-0.05, 0) is 59.0 Å². The van der Waals surface area contributed by atoms with Crippen molar-refractivity contribution in [1.82, 2.24) is 4.90 Å². The maximum Gasteiger partial charge on any atom is 0.508 e. The molecule has 1 amide bonds. The van der Waals surface area contributed by atoms with Gasteiger partial charge < -0.3 is 14.8 Å². The number of fused-ring (bicyclic) bond motifs is 1. The minimum atomic E-state index is -4.42. The third kappa shape index (κ3) is 6.04. The van der Waals surface area contributed by atoms with Crippen LogP contribution in [0.15, 0.2) is 66.7 Å². The van der Waals surface area contributed by atoms with Crippen molar-refractivity contribution >= 4 is 17.7 Å². The lowest BCUT2D eigenvalue weighted by atomic mass is 9.97. The largest absolute Gasteiger partial charge is 0.508 e. The van der Waals surface area contributed by atoms with Crippen molar-refractivity contribution in [2.24, 2.45) is 0 Å². The van der Waals surface area contributed by atoms with Crippen LogP contribution in [0.25, 0.3) is 11.1 Å². The van der Waals surface area contributed by atoms with Gasteiger partial charge in [-0.2, -0.15) is 13.2 Å². The molecule has 0 spiro atoms. The van der Waals surface area contributed by atoms with E-state index >= 15 is 0 Å². The van der Waals surface area contributed by atoms with Gasteiger partial charge in [0.2, 0.25) is 0 Å². The highest BCUT2D eigenvalue weighted by Gasteiger charge is 2.30. The summed E-state index contributed by atoms with van der Waals surface area (Å²) in [5.41, 5.74) is 3.59. The van der Waals surface area contributed by atoms with Gasteiger partial charge in [0.05, 0.1) is 12.7 Å². The second-order valence-corrected chi connectivity index (χ2v) is 8.39. The van der Waals surface area contributed by atoms with E-state index in [-0.39, 0.29) is 12.5 Å². The highest BCUT2D eigenvalue weighted by Crippen LogP contribution is 2.32. The van der Waals surface area contributed by atoms with Crippen LogP contribution in [0.2, 0.25) is 0 Å². The first-order chi connectivity index (χ1) is 17.2. The van der Waals surface area contributed by atoms with Gasteiger partial charge in [0, 0.05) is 30.9 Å². The zero-order valence-electron chi connectivity index (χ0n) is 19.6. The molecule has 0 atom stereocenters. The van der Waals surface area contributed by atoms with Crippen molar-refractivity contribution in [1.29, 1.82) is 0 Å². The number of halogens is 3. The lowest BCUT2D eigenvalue weighted by molar-refractivity contribution is -0.137. The summed E-state index contributed by atoms with van der Waals surface area (Å²) in [6.07, 6.45) is -4.34. The van der Waals surface area contributed by atoms with Crippen LogP contribution in [-0.2, 0) is 28.6 Å². The van der Waals surface area contributed by atoms with Crippen molar-refractivity contribution < 1.29 is 32.2 Å². The molecule has 4 rings (SSSR count). The van der Waals surface area contributed by atoms with Crippen molar-refractivity contribution in [3.63, 3.8) is 0 Å². The molecule has 1 aliphatic rings. The molecule has 0 unspecified atom stereocenters. The molecule has 0 saturated carbocycles. The van der Waals surface area contributed by atoms with E-state index in [1.54, 1.807) is 24.3 Å². The molecule has 0 radical (unpaired) electrons. The fraction of sp³-hybridized carbons (Fsp3) is 0.259. The molecule has 1 N–H and O–H groups in total. The molecule has 0 saturated heterocycles. The first kappa shape index (κ1) is 25.2. The molecule has 0 aromatic heterocycles. The molecule has 0 fully saturated rings. The summed E-state index contributed by atoms with van der Waals surface area (Å²) in [5, 5.41) is 2.91. The summed E-state index contributed by atoms with van der Waals surface area (Å²) in [6, 6.07) is 17.3. The van der Waals surface area contributed by atoms with Gasteiger partial charge in [-0.3, -0.25) is 9.69 Å². The number of hydrogen-bond acceptors (Lipinski definition) is 5. The zero-order chi connectivity index (χ0) is 25.7. The molecular formula is C27H25F3N2O4. The second-order valence-electron chi connectivity index (χ2n) is 8.39. The summed E-state index contributed by atoms with van der Waals surface area (Å²) in [7, 11) is 1.27. The van der Waals surface area contributed by atoms with Crippen LogP contribution in [-0.4, -0.2) is 43.8 Å². The van der Waals surface area contributed by atoms with E-state index in [1.165, 1.54) is 19.2 Å². The van der Waals surface area contributed by atoms with E-state index in [0.717, 1.165) is 36.2 Å². The number of amides is 1. The van der Waals surface area contributed by atoms with Crippen LogP contribution in [0, 0.1) is 0 Å². The van der Waals surface area contributed by atoms with Gasteiger partial charge >= 0.3 is 12.3 Å². The number of nitrogens with one attached hydrogen (secondary N) is 1. The van der Waals surface area contributed by atoms with Gasteiger partial charge in [0.25, 0.3) is 5.91 Å². The van der Waals surface area contributed by atoms with Crippen LogP contribution in [0.1, 0.15) is 27.0 Å². The Balaban J connectivity index is 1.44. The predicted molar refractivity (Wildman–Crippen MR) is 129 cm³/mol. The summed E-state index contributed by atoms with van der Waals surface area (Å²) >= 11 is 0. The number of anilines is 1. The van der Waals surface area contributed by atoms with Crippen LogP contribution in [0.4, 0.5) is 23.7 Å². The van der Waals surface area contributed by atoms with Gasteiger partial charge in [-0.25, -0.2) is 4.79 Å². The fourth-order valence-corrected chi connectivity index (χ4v) is 4.17. The van der Waals surface area contributed by atoms with Crippen LogP contribution >= 0.6 is 0 Å². The molecule has 9 heteroatoms. The fourth-order valence-electron chi connectivity index (χ4n) is 4.17. The number of alkyl halides is 3. The molecule has 188 valence electrons. The Kier molecular flexibility index (Phi) is 7.59. The highest BCUT2D eigenvalue weighted by atomic mass is 19.4. The van der Waals surface area contributed by atoms with Crippen LogP contribution in [0.5, 0.6) is 0 Å². The minimum Gasteiger partial charge on any atom is -0.438 e. The lowest BCUT2D eigenvalue weighted by Gasteiger charge is -2.28. The van der Waals surface area contributed by atoms with Crippen molar-refractivity contribution in [3.05, 3.63) is 89.0 Å². The maximum atomic E-state index is 13.1. The zero-order valence-corrected chi connectivity index (χ0v) is 19.6. The average Bonchev–Trinajstić information content (AvgIpc) is 2.88. The number of benzene rings is 3. The molecule has 0 bridgehead atoms. The number of ether oxygens (including phenoxy) is 2. The number of nitrogens with zero attached hydrogens (tertiary/aromatic N) is 1. The number of carbonyl (C=O) groups excluding carboxylic acids is 2.